The van der Waals surface area contributed by atoms with Crippen molar-refractivity contribution in [2.75, 3.05) is 22.9 Å². The molecule has 198 valence electrons. The molecule has 0 saturated heterocycles. The molecule has 0 bridgehead atoms. The second-order valence-electron chi connectivity index (χ2n) is 8.90. The molecule has 38 heavy (non-hydrogen) atoms. The van der Waals surface area contributed by atoms with Gasteiger partial charge in [-0.1, -0.05) is 30.3 Å². The number of amides is 4. The molecule has 0 fully saturated rings. The van der Waals surface area contributed by atoms with Crippen LogP contribution >= 0.6 is 0 Å². The first-order chi connectivity index (χ1) is 18.1. The van der Waals surface area contributed by atoms with Gasteiger partial charge in [-0.25, -0.2) is 0 Å². The molecule has 0 unspecified atom stereocenters. The number of Topliss-reactive ketones (excluding diaryl/α,β-unsaturated/α-hetero) is 2. The number of rotatable bonds is 10. The lowest BCUT2D eigenvalue weighted by Crippen LogP contribution is -2.54. The summed E-state index contributed by atoms with van der Waals surface area (Å²) >= 11 is 0. The van der Waals surface area contributed by atoms with E-state index in [0.29, 0.717) is 6.29 Å². The van der Waals surface area contributed by atoms with Gasteiger partial charge in [0.25, 0.3) is 11.8 Å². The number of para-hydroxylation sites is 2. The number of nitrogens with one attached hydrogen (secondary N) is 2. The third kappa shape index (κ3) is 6.96. The van der Waals surface area contributed by atoms with Crippen LogP contribution < -0.4 is 20.4 Å². The van der Waals surface area contributed by atoms with Gasteiger partial charge in [-0.3, -0.25) is 33.7 Å². The molecule has 2 atom stereocenters. The van der Waals surface area contributed by atoms with Gasteiger partial charge in [-0.2, -0.15) is 0 Å². The SMILES string of the molecule is CC(=O)CC(=O)N1C[C@H](NC(=O)c2ccccc2)C(=O)N(CC(=O)N[C@H](C=O)CC(C)=O)c2ccccc21. The quantitative estimate of drug-likeness (QED) is 0.348. The fourth-order valence-electron chi connectivity index (χ4n) is 4.07. The van der Waals surface area contributed by atoms with Gasteiger partial charge < -0.3 is 20.3 Å². The molecule has 1 aliphatic rings. The van der Waals surface area contributed by atoms with Gasteiger partial charge >= 0.3 is 0 Å². The molecule has 0 aromatic heterocycles. The lowest BCUT2D eigenvalue weighted by Gasteiger charge is -2.25. The average Bonchev–Trinajstić information content (AvgIpc) is 2.98. The van der Waals surface area contributed by atoms with Crippen molar-refractivity contribution in [1.82, 2.24) is 10.6 Å². The van der Waals surface area contributed by atoms with Crippen molar-refractivity contribution in [1.29, 1.82) is 0 Å². The first-order valence-corrected chi connectivity index (χ1v) is 11.9. The number of hydrogen-bond donors (Lipinski definition) is 2. The summed E-state index contributed by atoms with van der Waals surface area (Å²) in [7, 11) is 0. The summed E-state index contributed by atoms with van der Waals surface area (Å²) in [6.45, 7) is 1.72. The summed E-state index contributed by atoms with van der Waals surface area (Å²) in [4.78, 5) is 89.4. The number of aldehydes is 1. The van der Waals surface area contributed by atoms with Crippen molar-refractivity contribution >= 4 is 52.9 Å². The zero-order valence-electron chi connectivity index (χ0n) is 21.0. The maximum atomic E-state index is 13.7. The van der Waals surface area contributed by atoms with Crippen LogP contribution in [0.2, 0.25) is 0 Å². The van der Waals surface area contributed by atoms with Crippen molar-refractivity contribution < 1.29 is 33.6 Å². The lowest BCUT2D eigenvalue weighted by atomic mass is 10.1. The van der Waals surface area contributed by atoms with E-state index in [1.54, 1.807) is 48.5 Å². The Balaban J connectivity index is 1.99. The number of ketones is 2. The molecule has 2 aromatic carbocycles. The number of carbonyl (C=O) groups excluding carboxylic acids is 7. The molecule has 11 nitrogen and oxygen atoms in total. The van der Waals surface area contributed by atoms with E-state index in [2.05, 4.69) is 10.6 Å². The minimum atomic E-state index is -1.27. The minimum Gasteiger partial charge on any atom is -0.345 e. The van der Waals surface area contributed by atoms with Crippen molar-refractivity contribution in [3.8, 4) is 0 Å². The number of fused-ring (bicyclic) bond motifs is 1. The van der Waals surface area contributed by atoms with E-state index >= 15 is 0 Å². The Morgan fingerprint density at radius 2 is 1.58 bits per heavy atom. The minimum absolute atomic E-state index is 0.204. The fraction of sp³-hybridized carbons (Fsp3) is 0.296. The Labute approximate surface area is 219 Å². The Bertz CT molecular complexity index is 1260. The summed E-state index contributed by atoms with van der Waals surface area (Å²) in [5.74, 6) is -3.23. The maximum Gasteiger partial charge on any atom is 0.251 e. The highest BCUT2D eigenvalue weighted by Crippen LogP contribution is 2.33. The number of hydrogen-bond acceptors (Lipinski definition) is 7. The first-order valence-electron chi connectivity index (χ1n) is 11.9. The molecule has 2 N–H and O–H groups in total. The van der Waals surface area contributed by atoms with Crippen molar-refractivity contribution in [3.63, 3.8) is 0 Å². The van der Waals surface area contributed by atoms with Crippen LogP contribution in [0.4, 0.5) is 11.4 Å². The van der Waals surface area contributed by atoms with Gasteiger partial charge in [0.2, 0.25) is 11.8 Å². The van der Waals surface area contributed by atoms with E-state index in [-0.39, 0.29) is 41.5 Å². The molecule has 2 aromatic rings. The van der Waals surface area contributed by atoms with E-state index < -0.39 is 48.7 Å². The fourth-order valence-corrected chi connectivity index (χ4v) is 4.07. The molecule has 0 saturated carbocycles. The van der Waals surface area contributed by atoms with Gasteiger partial charge in [0.15, 0.2) is 0 Å². The van der Waals surface area contributed by atoms with Crippen LogP contribution in [0.1, 0.15) is 37.0 Å². The molecule has 11 heteroatoms. The van der Waals surface area contributed by atoms with Gasteiger partial charge in [-0.15, -0.1) is 0 Å². The van der Waals surface area contributed by atoms with Crippen molar-refractivity contribution in [2.45, 2.75) is 38.8 Å². The third-order valence-corrected chi connectivity index (χ3v) is 5.75. The van der Waals surface area contributed by atoms with E-state index in [4.69, 9.17) is 0 Å². The molecule has 0 radical (unpaired) electrons. The Kier molecular flexibility index (Phi) is 9.20. The van der Waals surface area contributed by atoms with Crippen LogP contribution in [0.3, 0.4) is 0 Å². The largest absolute Gasteiger partial charge is 0.345 e. The number of nitrogens with zero attached hydrogens (tertiary/aromatic N) is 2. The predicted octanol–water partition coefficient (Wildman–Crippen LogP) is 0.807. The van der Waals surface area contributed by atoms with E-state index in [0.717, 1.165) is 4.90 Å². The molecule has 1 heterocycles. The molecular weight excluding hydrogens is 492 g/mol. The summed E-state index contributed by atoms with van der Waals surface area (Å²) < 4.78 is 0. The molecule has 0 spiro atoms. The predicted molar refractivity (Wildman–Crippen MR) is 137 cm³/mol. The Morgan fingerprint density at radius 3 is 2.18 bits per heavy atom. The number of carbonyl (C=O) groups is 7. The van der Waals surface area contributed by atoms with Gasteiger partial charge in [-0.05, 0) is 38.1 Å². The van der Waals surface area contributed by atoms with Crippen molar-refractivity contribution in [3.05, 3.63) is 60.2 Å². The zero-order valence-corrected chi connectivity index (χ0v) is 21.0. The smallest absolute Gasteiger partial charge is 0.251 e. The summed E-state index contributed by atoms with van der Waals surface area (Å²) in [5, 5.41) is 5.06. The molecule has 3 rings (SSSR count). The standard InChI is InChI=1S/C27H28N4O7/c1-17(33)12-20(16-32)28-24(35)15-31-23-11-7-6-10-22(23)30(25(36)13-18(2)34)14-21(27(31)38)29-26(37)19-8-4-3-5-9-19/h3-11,16,20-21H,12-15H2,1-2H3,(H,28,35)(H,29,37)/t20-,21-/m0/s1. The summed E-state index contributed by atoms with van der Waals surface area (Å²) in [6, 6.07) is 12.2. The van der Waals surface area contributed by atoms with Crippen molar-refractivity contribution in [2.24, 2.45) is 0 Å². The van der Waals surface area contributed by atoms with Gasteiger partial charge in [0.1, 0.15) is 30.4 Å². The summed E-state index contributed by atoms with van der Waals surface area (Å²) in [6.07, 6.45) is -0.195. The average molecular weight is 521 g/mol. The molecule has 4 amide bonds. The van der Waals surface area contributed by atoms with E-state index in [9.17, 15) is 33.6 Å². The number of benzene rings is 2. The number of anilines is 2. The van der Waals surface area contributed by atoms with Crippen LogP contribution in [0, 0.1) is 0 Å². The van der Waals surface area contributed by atoms with Crippen LogP contribution in [-0.4, -0.2) is 66.7 Å². The van der Waals surface area contributed by atoms with Gasteiger partial charge in [0.05, 0.1) is 30.4 Å². The zero-order chi connectivity index (χ0) is 27.8. The Morgan fingerprint density at radius 1 is 0.947 bits per heavy atom. The highest BCUT2D eigenvalue weighted by molar-refractivity contribution is 6.13. The molecule has 1 aliphatic heterocycles. The molecule has 0 aliphatic carbocycles. The normalized spacial score (nSPS) is 15.5. The second kappa shape index (κ2) is 12.5. The van der Waals surface area contributed by atoms with Crippen LogP contribution in [0.5, 0.6) is 0 Å². The van der Waals surface area contributed by atoms with Crippen LogP contribution in [-0.2, 0) is 28.8 Å². The van der Waals surface area contributed by atoms with E-state index in [1.165, 1.54) is 24.8 Å². The highest BCUT2D eigenvalue weighted by atomic mass is 16.2. The Hall–Kier alpha value is -4.67. The third-order valence-electron chi connectivity index (χ3n) is 5.75. The summed E-state index contributed by atoms with van der Waals surface area (Å²) in [5.41, 5.74) is 0.758. The first kappa shape index (κ1) is 27.9. The van der Waals surface area contributed by atoms with E-state index in [1.807, 2.05) is 0 Å². The van der Waals surface area contributed by atoms with Gasteiger partial charge in [0, 0.05) is 12.0 Å². The second-order valence-corrected chi connectivity index (χ2v) is 8.90. The highest BCUT2D eigenvalue weighted by Gasteiger charge is 2.38. The monoisotopic (exact) mass is 520 g/mol. The molecular formula is C27H28N4O7. The van der Waals surface area contributed by atoms with Crippen LogP contribution in [0.15, 0.2) is 54.6 Å². The van der Waals surface area contributed by atoms with Crippen LogP contribution in [0.25, 0.3) is 0 Å². The maximum absolute atomic E-state index is 13.7. The lowest BCUT2D eigenvalue weighted by molar-refractivity contribution is -0.127. The topological polar surface area (TPSA) is 150 Å².